The summed E-state index contributed by atoms with van der Waals surface area (Å²) in [5.41, 5.74) is 0. The summed E-state index contributed by atoms with van der Waals surface area (Å²) >= 11 is 0. The summed E-state index contributed by atoms with van der Waals surface area (Å²) in [5, 5.41) is 3.43. The van der Waals surface area contributed by atoms with Gasteiger partial charge in [0.15, 0.2) is 0 Å². The van der Waals surface area contributed by atoms with Gasteiger partial charge in [0.2, 0.25) is 0 Å². The predicted octanol–water partition coefficient (Wildman–Crippen LogP) is 1.74. The molecular formula is C11H24N2. The normalized spacial score (nSPS) is 13.2. The Balaban J connectivity index is 3.37. The van der Waals surface area contributed by atoms with Crippen LogP contribution < -0.4 is 5.32 Å². The van der Waals surface area contributed by atoms with E-state index in [0.29, 0.717) is 0 Å². The van der Waals surface area contributed by atoms with Crippen LogP contribution in [0.2, 0.25) is 0 Å². The minimum atomic E-state index is 0.719. The molecule has 1 N–H and O–H groups in total. The maximum atomic E-state index is 3.73. The van der Waals surface area contributed by atoms with Crippen molar-refractivity contribution < 1.29 is 0 Å². The Morgan fingerprint density at radius 3 is 2.77 bits per heavy atom. The van der Waals surface area contributed by atoms with Gasteiger partial charge in [0.25, 0.3) is 0 Å². The van der Waals surface area contributed by atoms with Gasteiger partial charge in [0.05, 0.1) is 0 Å². The van der Waals surface area contributed by atoms with Gasteiger partial charge in [-0.3, -0.25) is 0 Å². The van der Waals surface area contributed by atoms with E-state index in [-0.39, 0.29) is 0 Å². The van der Waals surface area contributed by atoms with E-state index < -0.39 is 0 Å². The molecule has 0 saturated carbocycles. The van der Waals surface area contributed by atoms with Crippen molar-refractivity contribution in [1.82, 2.24) is 10.2 Å². The average molecular weight is 184 g/mol. The molecule has 78 valence electrons. The summed E-state index contributed by atoms with van der Waals surface area (Å²) in [5.74, 6) is 0.719. The number of hydrogen-bond acceptors (Lipinski definition) is 2. The maximum absolute atomic E-state index is 3.73. The lowest BCUT2D eigenvalue weighted by atomic mass is 10.1. The standard InChI is InChI=1S/C11H24N2/c1-5-7-12-9-11(3)10-13(4)8-6-2/h6,11-12H,2,5,7-10H2,1,3-4H3. The van der Waals surface area contributed by atoms with Gasteiger partial charge in [-0.25, -0.2) is 0 Å². The molecule has 0 aliphatic rings. The Labute approximate surface area is 83.0 Å². The summed E-state index contributed by atoms with van der Waals surface area (Å²) in [6.07, 6.45) is 3.17. The lowest BCUT2D eigenvalue weighted by Crippen LogP contribution is -2.31. The van der Waals surface area contributed by atoms with Crippen LogP contribution in [0.25, 0.3) is 0 Å². The third kappa shape index (κ3) is 8.00. The van der Waals surface area contributed by atoms with E-state index >= 15 is 0 Å². The van der Waals surface area contributed by atoms with Crippen LogP contribution in [0.4, 0.5) is 0 Å². The molecule has 0 rings (SSSR count). The fourth-order valence-corrected chi connectivity index (χ4v) is 1.42. The Morgan fingerprint density at radius 2 is 2.23 bits per heavy atom. The SMILES string of the molecule is C=CCN(C)CC(C)CNCCC. The second-order valence-corrected chi connectivity index (χ2v) is 3.82. The van der Waals surface area contributed by atoms with Crippen molar-refractivity contribution in [1.29, 1.82) is 0 Å². The van der Waals surface area contributed by atoms with Gasteiger partial charge in [-0.05, 0) is 32.5 Å². The van der Waals surface area contributed by atoms with Crippen LogP contribution in [0.1, 0.15) is 20.3 Å². The molecule has 0 heterocycles. The quantitative estimate of drug-likeness (QED) is 0.456. The fourth-order valence-electron chi connectivity index (χ4n) is 1.42. The first kappa shape index (κ1) is 12.7. The Bertz CT molecular complexity index is 123. The summed E-state index contributed by atoms with van der Waals surface area (Å²) in [4.78, 5) is 2.30. The molecule has 0 aromatic rings. The third-order valence-electron chi connectivity index (χ3n) is 1.98. The largest absolute Gasteiger partial charge is 0.316 e. The van der Waals surface area contributed by atoms with Crippen molar-refractivity contribution in [2.24, 2.45) is 5.92 Å². The minimum absolute atomic E-state index is 0.719. The monoisotopic (exact) mass is 184 g/mol. The Kier molecular flexibility index (Phi) is 8.05. The van der Waals surface area contributed by atoms with Crippen molar-refractivity contribution >= 4 is 0 Å². The molecule has 0 aromatic carbocycles. The number of rotatable bonds is 8. The highest BCUT2D eigenvalue weighted by Gasteiger charge is 2.03. The lowest BCUT2D eigenvalue weighted by Gasteiger charge is -2.19. The molecular weight excluding hydrogens is 160 g/mol. The molecule has 0 fully saturated rings. The zero-order chi connectivity index (χ0) is 10.1. The smallest absolute Gasteiger partial charge is 0.0157 e. The van der Waals surface area contributed by atoms with Gasteiger partial charge in [-0.15, -0.1) is 6.58 Å². The van der Waals surface area contributed by atoms with Crippen molar-refractivity contribution in [3.05, 3.63) is 12.7 Å². The van der Waals surface area contributed by atoms with Crippen LogP contribution in [-0.4, -0.2) is 38.1 Å². The summed E-state index contributed by atoms with van der Waals surface area (Å²) in [6.45, 7) is 12.6. The highest BCUT2D eigenvalue weighted by molar-refractivity contribution is 4.72. The molecule has 0 aliphatic carbocycles. The molecule has 0 saturated heterocycles. The average Bonchev–Trinajstić information content (AvgIpc) is 2.05. The van der Waals surface area contributed by atoms with Crippen LogP contribution in [0.5, 0.6) is 0 Å². The van der Waals surface area contributed by atoms with Crippen LogP contribution >= 0.6 is 0 Å². The van der Waals surface area contributed by atoms with E-state index in [4.69, 9.17) is 0 Å². The first-order chi connectivity index (χ1) is 6.20. The zero-order valence-corrected chi connectivity index (χ0v) is 9.34. The highest BCUT2D eigenvalue weighted by atomic mass is 15.1. The zero-order valence-electron chi connectivity index (χ0n) is 9.34. The van der Waals surface area contributed by atoms with E-state index in [2.05, 4.69) is 37.7 Å². The van der Waals surface area contributed by atoms with Gasteiger partial charge in [0.1, 0.15) is 0 Å². The van der Waals surface area contributed by atoms with E-state index in [9.17, 15) is 0 Å². The van der Waals surface area contributed by atoms with Crippen molar-refractivity contribution in [2.75, 3.05) is 33.2 Å². The number of hydrogen-bond donors (Lipinski definition) is 1. The molecule has 0 radical (unpaired) electrons. The first-order valence-electron chi connectivity index (χ1n) is 5.20. The van der Waals surface area contributed by atoms with Gasteiger partial charge in [-0.1, -0.05) is 19.9 Å². The molecule has 0 aliphatic heterocycles. The van der Waals surface area contributed by atoms with E-state index in [1.807, 2.05) is 6.08 Å². The minimum Gasteiger partial charge on any atom is -0.316 e. The van der Waals surface area contributed by atoms with Gasteiger partial charge >= 0.3 is 0 Å². The number of nitrogens with zero attached hydrogens (tertiary/aromatic N) is 1. The van der Waals surface area contributed by atoms with Crippen LogP contribution in [-0.2, 0) is 0 Å². The first-order valence-corrected chi connectivity index (χ1v) is 5.20. The van der Waals surface area contributed by atoms with E-state index in [1.165, 1.54) is 6.42 Å². The van der Waals surface area contributed by atoms with Crippen LogP contribution in [0, 0.1) is 5.92 Å². The van der Waals surface area contributed by atoms with Crippen LogP contribution in [0.3, 0.4) is 0 Å². The number of nitrogens with one attached hydrogen (secondary N) is 1. The molecule has 0 aromatic heterocycles. The molecule has 1 unspecified atom stereocenters. The second kappa shape index (κ2) is 8.27. The summed E-state index contributed by atoms with van der Waals surface area (Å²) in [7, 11) is 2.14. The lowest BCUT2D eigenvalue weighted by molar-refractivity contribution is 0.305. The molecule has 1 atom stereocenters. The predicted molar refractivity (Wildman–Crippen MR) is 60.0 cm³/mol. The van der Waals surface area contributed by atoms with Crippen molar-refractivity contribution in [3.63, 3.8) is 0 Å². The van der Waals surface area contributed by atoms with E-state index in [0.717, 1.165) is 32.1 Å². The van der Waals surface area contributed by atoms with Gasteiger partial charge < -0.3 is 10.2 Å². The summed E-state index contributed by atoms with van der Waals surface area (Å²) in [6, 6.07) is 0. The maximum Gasteiger partial charge on any atom is 0.0157 e. The van der Waals surface area contributed by atoms with Gasteiger partial charge in [0, 0.05) is 13.1 Å². The van der Waals surface area contributed by atoms with Crippen molar-refractivity contribution in [3.8, 4) is 0 Å². The molecule has 0 amide bonds. The summed E-state index contributed by atoms with van der Waals surface area (Å²) < 4.78 is 0. The fraction of sp³-hybridized carbons (Fsp3) is 0.818. The molecule has 0 bridgehead atoms. The second-order valence-electron chi connectivity index (χ2n) is 3.82. The van der Waals surface area contributed by atoms with Gasteiger partial charge in [-0.2, -0.15) is 0 Å². The Hall–Kier alpha value is -0.340. The topological polar surface area (TPSA) is 15.3 Å². The Morgan fingerprint density at radius 1 is 1.54 bits per heavy atom. The molecule has 0 spiro atoms. The third-order valence-corrected chi connectivity index (χ3v) is 1.98. The molecule has 2 nitrogen and oxygen atoms in total. The van der Waals surface area contributed by atoms with Crippen molar-refractivity contribution in [2.45, 2.75) is 20.3 Å². The molecule has 2 heteroatoms. The molecule has 13 heavy (non-hydrogen) atoms. The number of likely N-dealkylation sites (N-methyl/N-ethyl adjacent to an activating group) is 1. The van der Waals surface area contributed by atoms with Crippen LogP contribution in [0.15, 0.2) is 12.7 Å². The highest BCUT2D eigenvalue weighted by Crippen LogP contribution is 1.96. The van der Waals surface area contributed by atoms with E-state index in [1.54, 1.807) is 0 Å².